The van der Waals surface area contributed by atoms with E-state index in [0.717, 1.165) is 36.3 Å². The first-order valence-electron chi connectivity index (χ1n) is 7.55. The lowest BCUT2D eigenvalue weighted by Gasteiger charge is -2.18. The van der Waals surface area contributed by atoms with Gasteiger partial charge in [0.2, 0.25) is 11.8 Å². The SMILES string of the molecule is CCc1cc2c(OCCN(CC)CC)nc(NC)nc2s1. The highest BCUT2D eigenvalue weighted by Gasteiger charge is 2.12. The maximum Gasteiger partial charge on any atom is 0.227 e. The number of hydrogen-bond acceptors (Lipinski definition) is 6. The van der Waals surface area contributed by atoms with Crippen LogP contribution in [0.3, 0.4) is 0 Å². The summed E-state index contributed by atoms with van der Waals surface area (Å²) in [6.07, 6.45) is 1.01. The molecule has 2 heterocycles. The Morgan fingerprint density at radius 1 is 1.24 bits per heavy atom. The first kappa shape index (κ1) is 16.0. The molecule has 0 spiro atoms. The number of likely N-dealkylation sites (N-methyl/N-ethyl adjacent to an activating group) is 1. The van der Waals surface area contributed by atoms with Crippen molar-refractivity contribution in [1.29, 1.82) is 0 Å². The predicted octanol–water partition coefficient (Wildman–Crippen LogP) is 3.02. The molecule has 0 saturated heterocycles. The van der Waals surface area contributed by atoms with Crippen LogP contribution in [0.25, 0.3) is 10.2 Å². The van der Waals surface area contributed by atoms with Gasteiger partial charge in [0.05, 0.1) is 5.39 Å². The van der Waals surface area contributed by atoms with Gasteiger partial charge in [-0.1, -0.05) is 20.8 Å². The Balaban J connectivity index is 2.18. The van der Waals surface area contributed by atoms with Crippen molar-refractivity contribution in [3.63, 3.8) is 0 Å². The van der Waals surface area contributed by atoms with Crippen molar-refractivity contribution < 1.29 is 4.74 Å². The van der Waals surface area contributed by atoms with Crippen LogP contribution in [0.2, 0.25) is 0 Å². The molecule has 0 unspecified atom stereocenters. The monoisotopic (exact) mass is 308 g/mol. The highest BCUT2D eigenvalue weighted by molar-refractivity contribution is 7.18. The van der Waals surface area contributed by atoms with Crippen LogP contribution in [-0.2, 0) is 6.42 Å². The van der Waals surface area contributed by atoms with Gasteiger partial charge >= 0.3 is 0 Å². The molecule has 0 saturated carbocycles. The van der Waals surface area contributed by atoms with Crippen LogP contribution in [-0.4, -0.2) is 48.2 Å². The summed E-state index contributed by atoms with van der Waals surface area (Å²) in [4.78, 5) is 13.6. The zero-order valence-electron chi connectivity index (χ0n) is 13.3. The van der Waals surface area contributed by atoms with E-state index in [1.54, 1.807) is 11.3 Å². The molecular weight excluding hydrogens is 284 g/mol. The fourth-order valence-electron chi connectivity index (χ4n) is 2.15. The molecule has 0 aliphatic rings. The number of nitrogens with one attached hydrogen (secondary N) is 1. The van der Waals surface area contributed by atoms with Crippen LogP contribution in [0.1, 0.15) is 25.6 Å². The molecule has 0 aliphatic carbocycles. The summed E-state index contributed by atoms with van der Waals surface area (Å²) in [6.45, 7) is 10.1. The fourth-order valence-corrected chi connectivity index (χ4v) is 3.11. The van der Waals surface area contributed by atoms with Crippen LogP contribution >= 0.6 is 11.3 Å². The van der Waals surface area contributed by atoms with Gasteiger partial charge in [0, 0.05) is 18.5 Å². The Hall–Kier alpha value is -1.40. The van der Waals surface area contributed by atoms with Gasteiger partial charge in [-0.15, -0.1) is 11.3 Å². The van der Waals surface area contributed by atoms with Crippen molar-refractivity contribution in [3.05, 3.63) is 10.9 Å². The van der Waals surface area contributed by atoms with Crippen molar-refractivity contribution in [2.75, 3.05) is 38.6 Å². The highest BCUT2D eigenvalue weighted by Crippen LogP contribution is 2.31. The van der Waals surface area contributed by atoms with Gasteiger partial charge < -0.3 is 15.0 Å². The topological polar surface area (TPSA) is 50.3 Å². The summed E-state index contributed by atoms with van der Waals surface area (Å²) >= 11 is 1.71. The molecule has 6 heteroatoms. The molecule has 0 radical (unpaired) electrons. The largest absolute Gasteiger partial charge is 0.476 e. The molecule has 0 atom stereocenters. The van der Waals surface area contributed by atoms with E-state index in [0.29, 0.717) is 18.4 Å². The lowest BCUT2D eigenvalue weighted by molar-refractivity contribution is 0.219. The fraction of sp³-hybridized carbons (Fsp3) is 0.600. The summed E-state index contributed by atoms with van der Waals surface area (Å²) in [5, 5.41) is 4.03. The van der Waals surface area contributed by atoms with Crippen molar-refractivity contribution >= 4 is 27.5 Å². The molecule has 2 rings (SSSR count). The van der Waals surface area contributed by atoms with E-state index in [1.807, 2.05) is 7.05 Å². The lowest BCUT2D eigenvalue weighted by atomic mass is 10.3. The van der Waals surface area contributed by atoms with E-state index < -0.39 is 0 Å². The van der Waals surface area contributed by atoms with Crippen LogP contribution in [0, 0.1) is 0 Å². The smallest absolute Gasteiger partial charge is 0.227 e. The van der Waals surface area contributed by atoms with E-state index in [2.05, 4.69) is 47.0 Å². The zero-order chi connectivity index (χ0) is 15.2. The van der Waals surface area contributed by atoms with Gasteiger partial charge in [0.1, 0.15) is 11.4 Å². The van der Waals surface area contributed by atoms with E-state index in [9.17, 15) is 0 Å². The van der Waals surface area contributed by atoms with E-state index >= 15 is 0 Å². The first-order chi connectivity index (χ1) is 10.2. The Morgan fingerprint density at radius 3 is 2.62 bits per heavy atom. The second-order valence-electron chi connectivity index (χ2n) is 4.76. The molecular formula is C15H24N4OS. The predicted molar refractivity (Wildman–Crippen MR) is 89.6 cm³/mol. The third-order valence-electron chi connectivity index (χ3n) is 3.52. The summed E-state index contributed by atoms with van der Waals surface area (Å²) < 4.78 is 5.93. The van der Waals surface area contributed by atoms with Gasteiger partial charge in [0.25, 0.3) is 0 Å². The molecule has 5 nitrogen and oxygen atoms in total. The molecule has 2 aromatic heterocycles. The molecule has 0 amide bonds. The van der Waals surface area contributed by atoms with E-state index in [1.165, 1.54) is 4.88 Å². The summed E-state index contributed by atoms with van der Waals surface area (Å²) in [5.74, 6) is 1.30. The summed E-state index contributed by atoms with van der Waals surface area (Å²) in [5.41, 5.74) is 0. The highest BCUT2D eigenvalue weighted by atomic mass is 32.1. The van der Waals surface area contributed by atoms with Crippen molar-refractivity contribution in [2.24, 2.45) is 0 Å². The van der Waals surface area contributed by atoms with Gasteiger partial charge in [0.15, 0.2) is 0 Å². The number of hydrogen-bond donors (Lipinski definition) is 1. The van der Waals surface area contributed by atoms with E-state index in [-0.39, 0.29) is 0 Å². The Kier molecular flexibility index (Phi) is 5.76. The molecule has 0 fully saturated rings. The maximum atomic E-state index is 5.93. The van der Waals surface area contributed by atoms with Gasteiger partial charge in [-0.2, -0.15) is 4.98 Å². The molecule has 116 valence electrons. The Labute approximate surface area is 130 Å². The van der Waals surface area contributed by atoms with Crippen LogP contribution < -0.4 is 10.1 Å². The second kappa shape index (κ2) is 7.56. The Morgan fingerprint density at radius 2 is 2.00 bits per heavy atom. The third-order valence-corrected chi connectivity index (χ3v) is 4.69. The lowest BCUT2D eigenvalue weighted by Crippen LogP contribution is -2.28. The van der Waals surface area contributed by atoms with Gasteiger partial charge in [-0.25, -0.2) is 4.98 Å². The normalized spacial score (nSPS) is 11.3. The molecule has 0 aliphatic heterocycles. The quantitative estimate of drug-likeness (QED) is 0.812. The number of rotatable bonds is 8. The molecule has 21 heavy (non-hydrogen) atoms. The van der Waals surface area contributed by atoms with E-state index in [4.69, 9.17) is 4.74 Å². The summed E-state index contributed by atoms with van der Waals surface area (Å²) in [7, 11) is 1.83. The minimum atomic E-state index is 0.616. The first-order valence-corrected chi connectivity index (χ1v) is 8.36. The Bertz CT molecular complexity index is 580. The summed E-state index contributed by atoms with van der Waals surface area (Å²) in [6, 6.07) is 2.15. The number of aryl methyl sites for hydroxylation is 1. The minimum absolute atomic E-state index is 0.616. The number of nitrogens with zero attached hydrogens (tertiary/aromatic N) is 3. The number of anilines is 1. The van der Waals surface area contributed by atoms with Crippen molar-refractivity contribution in [3.8, 4) is 5.88 Å². The van der Waals surface area contributed by atoms with Crippen LogP contribution in [0.5, 0.6) is 5.88 Å². The number of aromatic nitrogens is 2. The third kappa shape index (κ3) is 3.83. The van der Waals surface area contributed by atoms with Gasteiger partial charge in [-0.05, 0) is 25.6 Å². The second-order valence-corrected chi connectivity index (χ2v) is 5.88. The average Bonchev–Trinajstić information content (AvgIpc) is 2.94. The molecule has 2 aromatic rings. The average molecular weight is 308 g/mol. The minimum Gasteiger partial charge on any atom is -0.476 e. The number of fused-ring (bicyclic) bond motifs is 1. The standard InChI is InChI=1S/C15H24N4OS/c1-5-11-10-12-13(20-9-8-19(6-2)7-3)17-15(16-4)18-14(12)21-11/h10H,5-9H2,1-4H3,(H,16,17,18). The molecule has 1 N–H and O–H groups in total. The maximum absolute atomic E-state index is 5.93. The van der Waals surface area contributed by atoms with Gasteiger partial charge in [-0.3, -0.25) is 0 Å². The zero-order valence-corrected chi connectivity index (χ0v) is 14.1. The van der Waals surface area contributed by atoms with Crippen molar-refractivity contribution in [2.45, 2.75) is 27.2 Å². The number of thiophene rings is 1. The number of ether oxygens (including phenoxy) is 1. The van der Waals surface area contributed by atoms with Crippen molar-refractivity contribution in [1.82, 2.24) is 14.9 Å². The van der Waals surface area contributed by atoms with Crippen LogP contribution in [0.4, 0.5) is 5.95 Å². The molecule has 0 aromatic carbocycles. The molecule has 0 bridgehead atoms. The van der Waals surface area contributed by atoms with Crippen LogP contribution in [0.15, 0.2) is 6.07 Å².